The van der Waals surface area contributed by atoms with Crippen LogP contribution >= 0.6 is 12.2 Å². The fourth-order valence-electron chi connectivity index (χ4n) is 2.63. The molecule has 4 heteroatoms. The Balaban J connectivity index is 1.68. The van der Waals surface area contributed by atoms with Gasteiger partial charge in [0.05, 0.1) is 6.10 Å². The average molecular weight is 371 g/mol. The summed E-state index contributed by atoms with van der Waals surface area (Å²) < 4.78 is 5.64. The van der Waals surface area contributed by atoms with Crippen molar-refractivity contribution in [1.82, 2.24) is 5.32 Å². The van der Waals surface area contributed by atoms with Gasteiger partial charge < -0.3 is 15.4 Å². The number of ether oxygens (including phenoxy) is 1. The molecular formula is C22H30N2OS. The second-order valence-corrected chi connectivity index (χ2v) is 7.48. The van der Waals surface area contributed by atoms with Crippen molar-refractivity contribution in [2.75, 3.05) is 11.9 Å². The van der Waals surface area contributed by atoms with Crippen LogP contribution in [0.25, 0.3) is 0 Å². The summed E-state index contributed by atoms with van der Waals surface area (Å²) in [6.07, 6.45) is 2.28. The molecule has 3 nitrogen and oxygen atoms in total. The number of aryl methyl sites for hydroxylation is 1. The highest BCUT2D eigenvalue weighted by atomic mass is 32.1. The second kappa shape index (κ2) is 10.2. The summed E-state index contributed by atoms with van der Waals surface area (Å²) in [5.41, 5.74) is 3.72. The molecule has 140 valence electrons. The third-order valence-corrected chi connectivity index (χ3v) is 4.30. The summed E-state index contributed by atoms with van der Waals surface area (Å²) in [5, 5.41) is 7.12. The number of rotatable bonds is 8. The van der Waals surface area contributed by atoms with E-state index >= 15 is 0 Å². The van der Waals surface area contributed by atoms with Gasteiger partial charge in [-0.15, -0.1) is 0 Å². The van der Waals surface area contributed by atoms with Crippen molar-refractivity contribution in [3.05, 3.63) is 59.7 Å². The van der Waals surface area contributed by atoms with Gasteiger partial charge in [0.25, 0.3) is 0 Å². The monoisotopic (exact) mass is 370 g/mol. The van der Waals surface area contributed by atoms with Gasteiger partial charge in [-0.3, -0.25) is 0 Å². The van der Waals surface area contributed by atoms with Gasteiger partial charge in [0, 0.05) is 12.2 Å². The van der Waals surface area contributed by atoms with E-state index < -0.39 is 0 Å². The van der Waals surface area contributed by atoms with Crippen LogP contribution in [0.1, 0.15) is 51.2 Å². The van der Waals surface area contributed by atoms with Gasteiger partial charge in [-0.05, 0) is 80.2 Å². The van der Waals surface area contributed by atoms with Crippen molar-refractivity contribution in [2.24, 2.45) is 0 Å². The van der Waals surface area contributed by atoms with Gasteiger partial charge in [-0.25, -0.2) is 0 Å². The molecule has 0 aliphatic heterocycles. The van der Waals surface area contributed by atoms with Gasteiger partial charge in [0.2, 0.25) is 0 Å². The molecular weight excluding hydrogens is 340 g/mol. The van der Waals surface area contributed by atoms with E-state index in [0.717, 1.165) is 30.8 Å². The molecule has 2 rings (SSSR count). The van der Waals surface area contributed by atoms with E-state index in [1.54, 1.807) is 0 Å². The topological polar surface area (TPSA) is 33.3 Å². The molecule has 0 aromatic heterocycles. The van der Waals surface area contributed by atoms with Crippen LogP contribution in [0.2, 0.25) is 0 Å². The first kappa shape index (κ1) is 20.2. The van der Waals surface area contributed by atoms with Crippen molar-refractivity contribution in [2.45, 2.75) is 52.6 Å². The first-order chi connectivity index (χ1) is 12.4. The molecule has 2 N–H and O–H groups in total. The van der Waals surface area contributed by atoms with E-state index in [2.05, 4.69) is 48.7 Å². The first-order valence-electron chi connectivity index (χ1n) is 9.34. The van der Waals surface area contributed by atoms with E-state index in [1.807, 2.05) is 38.1 Å². The van der Waals surface area contributed by atoms with Crippen LogP contribution in [0.4, 0.5) is 5.69 Å². The molecule has 0 amide bonds. The lowest BCUT2D eigenvalue weighted by molar-refractivity contribution is 0.242. The lowest BCUT2D eigenvalue weighted by Gasteiger charge is -2.13. The smallest absolute Gasteiger partial charge is 0.170 e. The fraction of sp³-hybridized carbons (Fsp3) is 0.409. The molecule has 0 unspecified atom stereocenters. The number of hydrogen-bond acceptors (Lipinski definition) is 2. The minimum absolute atomic E-state index is 0.179. The molecule has 0 aliphatic carbocycles. The van der Waals surface area contributed by atoms with Crippen molar-refractivity contribution in [3.63, 3.8) is 0 Å². The zero-order chi connectivity index (χ0) is 18.9. The van der Waals surface area contributed by atoms with Crippen LogP contribution in [0.3, 0.4) is 0 Å². The van der Waals surface area contributed by atoms with Crippen LogP contribution in [0.5, 0.6) is 5.75 Å². The molecule has 0 heterocycles. The van der Waals surface area contributed by atoms with Crippen LogP contribution in [0, 0.1) is 0 Å². The minimum atomic E-state index is 0.179. The maximum atomic E-state index is 5.64. The number of anilines is 1. The highest BCUT2D eigenvalue weighted by molar-refractivity contribution is 7.80. The summed E-state index contributed by atoms with van der Waals surface area (Å²) >= 11 is 5.36. The lowest BCUT2D eigenvalue weighted by atomic mass is 10.0. The van der Waals surface area contributed by atoms with E-state index in [9.17, 15) is 0 Å². The highest BCUT2D eigenvalue weighted by Crippen LogP contribution is 2.17. The summed E-state index contributed by atoms with van der Waals surface area (Å²) in [7, 11) is 0. The third-order valence-electron chi connectivity index (χ3n) is 4.06. The second-order valence-electron chi connectivity index (χ2n) is 7.07. The molecule has 0 spiro atoms. The average Bonchev–Trinajstić information content (AvgIpc) is 2.60. The van der Waals surface area contributed by atoms with Gasteiger partial charge in [0.15, 0.2) is 5.11 Å². The number of hydrogen-bond donors (Lipinski definition) is 2. The van der Waals surface area contributed by atoms with E-state index in [0.29, 0.717) is 11.0 Å². The van der Waals surface area contributed by atoms with Crippen LogP contribution < -0.4 is 15.4 Å². The Morgan fingerprint density at radius 3 is 2.19 bits per heavy atom. The minimum Gasteiger partial charge on any atom is -0.491 e. The van der Waals surface area contributed by atoms with Gasteiger partial charge in [0.1, 0.15) is 5.75 Å². The Morgan fingerprint density at radius 1 is 0.962 bits per heavy atom. The zero-order valence-electron chi connectivity index (χ0n) is 16.2. The quantitative estimate of drug-likeness (QED) is 0.474. The first-order valence-corrected chi connectivity index (χ1v) is 9.75. The van der Waals surface area contributed by atoms with Gasteiger partial charge in [-0.2, -0.15) is 0 Å². The Bertz CT molecular complexity index is 678. The van der Waals surface area contributed by atoms with Crippen molar-refractivity contribution < 1.29 is 4.74 Å². The molecule has 0 saturated carbocycles. The third kappa shape index (κ3) is 7.04. The predicted octanol–water partition coefficient (Wildman–Crippen LogP) is 5.52. The van der Waals surface area contributed by atoms with Crippen molar-refractivity contribution in [1.29, 1.82) is 0 Å². The van der Waals surface area contributed by atoms with Gasteiger partial charge >= 0.3 is 0 Å². The maximum Gasteiger partial charge on any atom is 0.170 e. The summed E-state index contributed by atoms with van der Waals surface area (Å²) in [4.78, 5) is 0. The van der Waals surface area contributed by atoms with E-state index in [1.165, 1.54) is 11.1 Å². The zero-order valence-corrected chi connectivity index (χ0v) is 17.0. The molecule has 26 heavy (non-hydrogen) atoms. The van der Waals surface area contributed by atoms with Crippen LogP contribution in [0.15, 0.2) is 48.5 Å². The molecule has 0 radical (unpaired) electrons. The molecule has 0 aliphatic rings. The Kier molecular flexibility index (Phi) is 7.92. The highest BCUT2D eigenvalue weighted by Gasteiger charge is 2.01. The molecule has 0 saturated heterocycles. The Labute approximate surface area is 163 Å². The van der Waals surface area contributed by atoms with Crippen molar-refractivity contribution in [3.8, 4) is 5.75 Å². The fourth-order valence-corrected chi connectivity index (χ4v) is 2.85. The van der Waals surface area contributed by atoms with Gasteiger partial charge in [-0.1, -0.05) is 38.1 Å². The standard InChI is InChI=1S/C22H30N2OS/c1-16(2)19-9-7-18(8-10-19)6-5-15-23-22(26)24-20-11-13-21(14-12-20)25-17(3)4/h7-14,16-17H,5-6,15H2,1-4H3,(H2,23,24,26). The molecule has 2 aromatic carbocycles. The Morgan fingerprint density at radius 2 is 1.62 bits per heavy atom. The summed E-state index contributed by atoms with van der Waals surface area (Å²) in [5.74, 6) is 1.45. The number of benzene rings is 2. The molecule has 0 bridgehead atoms. The van der Waals surface area contributed by atoms with E-state index in [-0.39, 0.29) is 6.10 Å². The molecule has 0 atom stereocenters. The number of nitrogens with one attached hydrogen (secondary N) is 2. The largest absolute Gasteiger partial charge is 0.491 e. The Hall–Kier alpha value is -2.07. The predicted molar refractivity (Wildman–Crippen MR) is 115 cm³/mol. The number of thiocarbonyl (C=S) groups is 1. The van der Waals surface area contributed by atoms with E-state index in [4.69, 9.17) is 17.0 Å². The normalized spacial score (nSPS) is 10.8. The SMILES string of the molecule is CC(C)Oc1ccc(NC(=S)NCCCc2ccc(C(C)C)cc2)cc1. The lowest BCUT2D eigenvalue weighted by Crippen LogP contribution is -2.29. The van der Waals surface area contributed by atoms with Crippen LogP contribution in [-0.4, -0.2) is 17.8 Å². The summed E-state index contributed by atoms with van der Waals surface area (Å²) in [6.45, 7) is 9.33. The van der Waals surface area contributed by atoms with Crippen molar-refractivity contribution >= 4 is 23.0 Å². The molecule has 2 aromatic rings. The molecule has 0 fully saturated rings. The maximum absolute atomic E-state index is 5.64. The summed E-state index contributed by atoms with van der Waals surface area (Å²) in [6, 6.07) is 16.8. The van der Waals surface area contributed by atoms with Crippen LogP contribution in [-0.2, 0) is 6.42 Å².